The molecule has 4 heterocycles. The fourth-order valence-electron chi connectivity index (χ4n) is 5.79. The summed E-state index contributed by atoms with van der Waals surface area (Å²) >= 11 is 0. The zero-order valence-corrected chi connectivity index (χ0v) is 25.7. The van der Waals surface area contributed by atoms with Gasteiger partial charge in [-0.15, -0.1) is 0 Å². The highest BCUT2D eigenvalue weighted by Gasteiger charge is 2.54. The molecule has 4 saturated heterocycles. The summed E-state index contributed by atoms with van der Waals surface area (Å²) in [6.45, 7) is -1.49. The molecule has 4 fully saturated rings. The number of ether oxygens (including phenoxy) is 7. The molecule has 23 heteroatoms. The number of aliphatic hydroxyl groups is 12. The van der Waals surface area contributed by atoms with Gasteiger partial charge in [-0.2, -0.15) is 0 Å². The van der Waals surface area contributed by atoms with Crippen LogP contribution in [0.2, 0.25) is 0 Å². The van der Waals surface area contributed by atoms with E-state index in [0.717, 1.165) is 6.92 Å². The molecule has 23 nitrogen and oxygen atoms in total. The van der Waals surface area contributed by atoms with Crippen LogP contribution in [0.4, 0.5) is 0 Å². The predicted molar refractivity (Wildman–Crippen MR) is 146 cm³/mol. The lowest BCUT2D eigenvalue weighted by atomic mass is 9.95. The van der Waals surface area contributed by atoms with Crippen LogP contribution in [0.15, 0.2) is 0 Å². The molecule has 0 spiro atoms. The molecule has 0 aromatic rings. The zero-order valence-electron chi connectivity index (χ0n) is 25.7. The molecule has 0 bridgehead atoms. The first-order valence-electron chi connectivity index (χ1n) is 15.1. The summed E-state index contributed by atoms with van der Waals surface area (Å²) in [4.78, 5) is 23.7. The molecular formula is C26H43NO22. The third-order valence-corrected chi connectivity index (χ3v) is 8.56. The number of carboxylic acid groups (broad SMARTS) is 1. The standard InChI is InChI=1S/C26H43NO22/c1-5(30)27-9-13(34)12(33)8(46-24(9)48-19-16(37)17(38)23(42)47-21(19)22(40)41)4-43-26-20(15(36)11(32)7(3-29)45-26)49-25-18(39)14(35)10(31)6(2-28)44-25/h6-21,23-26,28-29,31-39,42H,2-4H2,1H3,(H,27,30)(H,40,41)/t6-,7-,8-,9-,10-,11+,12-,13-,14+,15+,16-,17-,18+,19+,20-,21+,23?,24-,25-,26+/m1/s1. The molecule has 14 N–H and O–H groups in total. The van der Waals surface area contributed by atoms with E-state index in [1.807, 2.05) is 0 Å². The Morgan fingerprint density at radius 1 is 0.592 bits per heavy atom. The van der Waals surface area contributed by atoms with Crippen molar-refractivity contribution in [2.45, 2.75) is 130 Å². The van der Waals surface area contributed by atoms with Crippen LogP contribution in [0, 0.1) is 0 Å². The Morgan fingerprint density at radius 2 is 1.10 bits per heavy atom. The van der Waals surface area contributed by atoms with Crippen molar-refractivity contribution >= 4 is 11.9 Å². The first kappa shape index (κ1) is 40.0. The van der Waals surface area contributed by atoms with Gasteiger partial charge in [0, 0.05) is 6.92 Å². The Balaban J connectivity index is 1.55. The number of rotatable bonds is 11. The number of hydrogen-bond donors (Lipinski definition) is 14. The van der Waals surface area contributed by atoms with Gasteiger partial charge < -0.3 is 105 Å². The van der Waals surface area contributed by atoms with Crippen LogP contribution in [0.3, 0.4) is 0 Å². The van der Waals surface area contributed by atoms with E-state index in [-0.39, 0.29) is 0 Å². The number of nitrogens with one attached hydrogen (secondary N) is 1. The maximum Gasteiger partial charge on any atom is 0.335 e. The Labute approximate surface area is 276 Å². The van der Waals surface area contributed by atoms with Crippen LogP contribution in [-0.2, 0) is 42.7 Å². The second kappa shape index (κ2) is 16.7. The molecule has 0 saturated carbocycles. The average Bonchev–Trinajstić information content (AvgIpc) is 3.06. The second-order valence-corrected chi connectivity index (χ2v) is 12.0. The number of carbonyl (C=O) groups excluding carboxylic acids is 1. The first-order valence-corrected chi connectivity index (χ1v) is 15.1. The van der Waals surface area contributed by atoms with Gasteiger partial charge in [0.15, 0.2) is 31.3 Å². The summed E-state index contributed by atoms with van der Waals surface area (Å²) in [5.74, 6) is -2.53. The third kappa shape index (κ3) is 8.47. The Hall–Kier alpha value is -1.82. The van der Waals surface area contributed by atoms with Gasteiger partial charge >= 0.3 is 5.97 Å². The van der Waals surface area contributed by atoms with E-state index in [0.29, 0.717) is 0 Å². The van der Waals surface area contributed by atoms with Crippen LogP contribution < -0.4 is 5.32 Å². The minimum absolute atomic E-state index is 0.778. The Kier molecular flexibility index (Phi) is 13.6. The molecule has 0 radical (unpaired) electrons. The SMILES string of the molecule is CC(=O)N[C@H]1[C@@H](O[C@H]2[C@H](O)[C@@H](O)C(O)O[C@@H]2C(=O)O)O[C@H](CO[C@H]2O[C@H](CO)[C@H](O)[C@H](O)[C@H]2O[C@H]2O[C@H](CO)[C@@H](O)[C@H](O)[C@@H]2O)[C@@H](O)[C@@H]1O. The summed E-state index contributed by atoms with van der Waals surface area (Å²) in [6, 6.07) is -1.64. The van der Waals surface area contributed by atoms with Gasteiger partial charge in [0.2, 0.25) is 5.91 Å². The van der Waals surface area contributed by atoms with Crippen LogP contribution in [0.5, 0.6) is 0 Å². The molecule has 0 aromatic carbocycles. The molecule has 4 aliphatic heterocycles. The molecule has 4 rings (SSSR count). The van der Waals surface area contributed by atoms with Gasteiger partial charge in [-0.25, -0.2) is 4.79 Å². The van der Waals surface area contributed by atoms with Gasteiger partial charge in [0.25, 0.3) is 0 Å². The molecule has 1 unspecified atom stereocenters. The van der Waals surface area contributed by atoms with Crippen LogP contribution in [0.1, 0.15) is 6.92 Å². The molecule has 20 atom stereocenters. The number of hydrogen-bond acceptors (Lipinski definition) is 21. The van der Waals surface area contributed by atoms with Crippen LogP contribution in [0.25, 0.3) is 0 Å². The van der Waals surface area contributed by atoms with Gasteiger partial charge in [-0.05, 0) is 0 Å². The second-order valence-electron chi connectivity index (χ2n) is 12.0. The van der Waals surface area contributed by atoms with Crippen molar-refractivity contribution in [3.05, 3.63) is 0 Å². The van der Waals surface area contributed by atoms with Crippen molar-refractivity contribution in [3.8, 4) is 0 Å². The largest absolute Gasteiger partial charge is 0.479 e. The molecule has 4 aliphatic rings. The van der Waals surface area contributed by atoms with Crippen LogP contribution in [-0.4, -0.2) is 221 Å². The summed E-state index contributed by atoms with van der Waals surface area (Å²) < 4.78 is 38.1. The van der Waals surface area contributed by atoms with Gasteiger partial charge in [-0.1, -0.05) is 0 Å². The minimum atomic E-state index is -2.13. The van der Waals surface area contributed by atoms with E-state index >= 15 is 0 Å². The van der Waals surface area contributed by atoms with Crippen molar-refractivity contribution in [1.29, 1.82) is 0 Å². The lowest BCUT2D eigenvalue weighted by molar-refractivity contribution is -0.373. The average molecular weight is 722 g/mol. The highest BCUT2D eigenvalue weighted by atomic mass is 16.8. The smallest absolute Gasteiger partial charge is 0.335 e. The molecule has 0 aromatic heterocycles. The Morgan fingerprint density at radius 3 is 1.67 bits per heavy atom. The van der Waals surface area contributed by atoms with Crippen molar-refractivity contribution < 1.29 is 109 Å². The fourth-order valence-corrected chi connectivity index (χ4v) is 5.79. The first-order chi connectivity index (χ1) is 23.0. The zero-order chi connectivity index (χ0) is 36.5. The maximum absolute atomic E-state index is 11.9. The van der Waals surface area contributed by atoms with E-state index < -0.39 is 154 Å². The Bertz CT molecular complexity index is 1100. The van der Waals surface area contributed by atoms with Gasteiger partial charge in [-0.3, -0.25) is 4.79 Å². The van der Waals surface area contributed by atoms with E-state index in [1.54, 1.807) is 0 Å². The van der Waals surface area contributed by atoms with Crippen molar-refractivity contribution in [2.75, 3.05) is 19.8 Å². The fraction of sp³-hybridized carbons (Fsp3) is 0.923. The van der Waals surface area contributed by atoms with Crippen LogP contribution >= 0.6 is 0 Å². The van der Waals surface area contributed by atoms with E-state index in [4.69, 9.17) is 33.2 Å². The lowest BCUT2D eigenvalue weighted by Crippen LogP contribution is -2.68. The summed E-state index contributed by atoms with van der Waals surface area (Å²) in [5.41, 5.74) is 0. The lowest BCUT2D eigenvalue weighted by Gasteiger charge is -2.47. The quantitative estimate of drug-likeness (QED) is 0.0941. The highest BCUT2D eigenvalue weighted by Crippen LogP contribution is 2.32. The molecule has 284 valence electrons. The van der Waals surface area contributed by atoms with E-state index in [9.17, 15) is 76.0 Å². The van der Waals surface area contributed by atoms with E-state index in [1.165, 1.54) is 0 Å². The third-order valence-electron chi connectivity index (χ3n) is 8.56. The van der Waals surface area contributed by atoms with Crippen molar-refractivity contribution in [2.24, 2.45) is 0 Å². The number of carbonyl (C=O) groups is 2. The number of carboxylic acids is 1. The van der Waals surface area contributed by atoms with E-state index in [2.05, 4.69) is 5.32 Å². The molecule has 1 amide bonds. The summed E-state index contributed by atoms with van der Waals surface area (Å²) in [7, 11) is 0. The molecule has 0 aliphatic carbocycles. The van der Waals surface area contributed by atoms with Gasteiger partial charge in [0.1, 0.15) is 91.5 Å². The molecular weight excluding hydrogens is 678 g/mol. The highest BCUT2D eigenvalue weighted by molar-refractivity contribution is 5.74. The van der Waals surface area contributed by atoms with Gasteiger partial charge in [0.05, 0.1) is 19.8 Å². The van der Waals surface area contributed by atoms with Crippen molar-refractivity contribution in [1.82, 2.24) is 5.32 Å². The minimum Gasteiger partial charge on any atom is -0.479 e. The molecule has 49 heavy (non-hydrogen) atoms. The normalized spacial score (nSPS) is 49.3. The number of aliphatic carboxylic acids is 1. The maximum atomic E-state index is 11.9. The summed E-state index contributed by atoms with van der Waals surface area (Å²) in [6.07, 6.45) is -35.7. The predicted octanol–water partition coefficient (Wildman–Crippen LogP) is -9.51. The monoisotopic (exact) mass is 721 g/mol. The van der Waals surface area contributed by atoms with Crippen molar-refractivity contribution in [3.63, 3.8) is 0 Å². The topological polar surface area (TPSA) is 374 Å². The number of amides is 1. The summed E-state index contributed by atoms with van der Waals surface area (Å²) in [5, 5.41) is 135. The number of aliphatic hydroxyl groups excluding tert-OH is 12.